The van der Waals surface area contributed by atoms with Crippen LogP contribution in [0.4, 0.5) is 0 Å². The zero-order valence-corrected chi connectivity index (χ0v) is 11.0. The van der Waals surface area contributed by atoms with Crippen LogP contribution in [0.2, 0.25) is 0 Å². The highest BCUT2D eigenvalue weighted by atomic mass is 16.2. The van der Waals surface area contributed by atoms with Gasteiger partial charge in [0.1, 0.15) is 11.6 Å². The number of rotatable bonds is 2. The van der Waals surface area contributed by atoms with Crippen molar-refractivity contribution in [1.29, 1.82) is 5.26 Å². The SMILES string of the molecule is CN(C)/C=C(\C#N)C(=O)N1C(=O)c2ccccc2C1=O. The molecule has 0 saturated carbocycles. The highest BCUT2D eigenvalue weighted by Crippen LogP contribution is 2.23. The second-order valence-corrected chi connectivity index (χ2v) is 4.41. The fraction of sp³-hybridized carbons (Fsp3) is 0.143. The third-order valence-electron chi connectivity index (χ3n) is 2.74. The summed E-state index contributed by atoms with van der Waals surface area (Å²) in [4.78, 5) is 38.3. The maximum Gasteiger partial charge on any atom is 0.280 e. The molecule has 20 heavy (non-hydrogen) atoms. The minimum absolute atomic E-state index is 0.174. The van der Waals surface area contributed by atoms with Gasteiger partial charge in [-0.15, -0.1) is 0 Å². The molecule has 0 spiro atoms. The van der Waals surface area contributed by atoms with Gasteiger partial charge in [-0.3, -0.25) is 14.4 Å². The summed E-state index contributed by atoms with van der Waals surface area (Å²) in [7, 11) is 3.26. The third kappa shape index (κ3) is 2.06. The number of imide groups is 3. The van der Waals surface area contributed by atoms with E-state index in [1.54, 1.807) is 32.3 Å². The number of carbonyl (C=O) groups excluding carboxylic acids is 3. The quantitative estimate of drug-likeness (QED) is 0.450. The Morgan fingerprint density at radius 1 is 1.20 bits per heavy atom. The Hall–Kier alpha value is -2.94. The van der Waals surface area contributed by atoms with Gasteiger partial charge in [-0.1, -0.05) is 12.1 Å². The molecule has 0 aliphatic carbocycles. The zero-order valence-electron chi connectivity index (χ0n) is 11.0. The molecular formula is C14H11N3O3. The van der Waals surface area contributed by atoms with Crippen molar-refractivity contribution in [3.05, 3.63) is 47.2 Å². The molecule has 0 fully saturated rings. The number of hydrogen-bond donors (Lipinski definition) is 0. The van der Waals surface area contributed by atoms with Crippen molar-refractivity contribution >= 4 is 17.7 Å². The molecule has 0 saturated heterocycles. The summed E-state index contributed by atoms with van der Waals surface area (Å²) in [6.07, 6.45) is 1.27. The molecule has 1 aromatic carbocycles. The summed E-state index contributed by atoms with van der Waals surface area (Å²) in [6, 6.07) is 7.88. The Morgan fingerprint density at radius 3 is 2.10 bits per heavy atom. The molecule has 1 aliphatic rings. The van der Waals surface area contributed by atoms with Crippen LogP contribution in [0, 0.1) is 11.3 Å². The van der Waals surface area contributed by atoms with Crippen molar-refractivity contribution in [1.82, 2.24) is 9.80 Å². The van der Waals surface area contributed by atoms with Gasteiger partial charge in [0, 0.05) is 20.3 Å². The van der Waals surface area contributed by atoms with Crippen LogP contribution in [0.5, 0.6) is 0 Å². The number of fused-ring (bicyclic) bond motifs is 1. The molecule has 1 aromatic rings. The number of amides is 3. The molecular weight excluding hydrogens is 258 g/mol. The number of nitriles is 1. The molecule has 3 amide bonds. The number of benzene rings is 1. The summed E-state index contributed by atoms with van der Waals surface area (Å²) < 4.78 is 0. The van der Waals surface area contributed by atoms with Crippen LogP contribution in [-0.2, 0) is 4.79 Å². The molecule has 0 aromatic heterocycles. The van der Waals surface area contributed by atoms with Gasteiger partial charge in [0.2, 0.25) is 0 Å². The van der Waals surface area contributed by atoms with Crippen LogP contribution in [0.3, 0.4) is 0 Å². The number of nitrogens with zero attached hydrogens (tertiary/aromatic N) is 3. The third-order valence-corrected chi connectivity index (χ3v) is 2.74. The van der Waals surface area contributed by atoms with Gasteiger partial charge in [-0.05, 0) is 12.1 Å². The van der Waals surface area contributed by atoms with Gasteiger partial charge in [-0.25, -0.2) is 4.90 Å². The maximum atomic E-state index is 12.2. The van der Waals surface area contributed by atoms with Crippen molar-refractivity contribution in [2.24, 2.45) is 0 Å². The van der Waals surface area contributed by atoms with E-state index >= 15 is 0 Å². The van der Waals surface area contributed by atoms with Gasteiger partial charge in [0.05, 0.1) is 11.1 Å². The van der Waals surface area contributed by atoms with Crippen molar-refractivity contribution in [3.8, 4) is 6.07 Å². The second-order valence-electron chi connectivity index (χ2n) is 4.41. The van der Waals surface area contributed by atoms with E-state index in [4.69, 9.17) is 5.26 Å². The van der Waals surface area contributed by atoms with Gasteiger partial charge in [0.25, 0.3) is 17.7 Å². The molecule has 1 heterocycles. The van der Waals surface area contributed by atoms with E-state index < -0.39 is 17.7 Å². The number of hydrogen-bond acceptors (Lipinski definition) is 5. The van der Waals surface area contributed by atoms with Crippen molar-refractivity contribution in [2.75, 3.05) is 14.1 Å². The van der Waals surface area contributed by atoms with Gasteiger partial charge in [0.15, 0.2) is 0 Å². The Labute approximate surface area is 115 Å². The smallest absolute Gasteiger partial charge is 0.280 e. The van der Waals surface area contributed by atoms with E-state index in [1.807, 2.05) is 0 Å². The standard InChI is InChI=1S/C14H11N3O3/c1-16(2)8-9(7-15)12(18)17-13(19)10-5-3-4-6-11(10)14(17)20/h3-6,8H,1-2H3/b9-8+. The lowest BCUT2D eigenvalue weighted by Crippen LogP contribution is -2.37. The van der Waals surface area contributed by atoms with Crippen LogP contribution in [0.1, 0.15) is 20.7 Å². The summed E-state index contributed by atoms with van der Waals surface area (Å²) in [5.41, 5.74) is 0.0745. The van der Waals surface area contributed by atoms with Gasteiger partial charge < -0.3 is 4.90 Å². The normalized spacial score (nSPS) is 14.1. The molecule has 0 N–H and O–H groups in total. The van der Waals surface area contributed by atoms with Crippen LogP contribution in [0.15, 0.2) is 36.0 Å². The lowest BCUT2D eigenvalue weighted by atomic mass is 10.1. The van der Waals surface area contributed by atoms with Crippen LogP contribution in [-0.4, -0.2) is 41.6 Å². The summed E-state index contributed by atoms with van der Waals surface area (Å²) in [6.45, 7) is 0. The Balaban J connectivity index is 2.42. The minimum Gasteiger partial charge on any atom is -0.382 e. The molecule has 6 nitrogen and oxygen atoms in total. The summed E-state index contributed by atoms with van der Waals surface area (Å²) >= 11 is 0. The molecule has 0 radical (unpaired) electrons. The van der Waals surface area contributed by atoms with Gasteiger partial charge >= 0.3 is 0 Å². The highest BCUT2D eigenvalue weighted by molar-refractivity contribution is 6.31. The Bertz CT molecular complexity index is 648. The molecule has 0 unspecified atom stereocenters. The molecule has 0 atom stereocenters. The average Bonchev–Trinajstić information content (AvgIpc) is 2.68. The predicted molar refractivity (Wildman–Crippen MR) is 69.3 cm³/mol. The summed E-state index contributed by atoms with van der Waals surface area (Å²) in [5, 5.41) is 8.98. The van der Waals surface area contributed by atoms with Crippen molar-refractivity contribution in [2.45, 2.75) is 0 Å². The topological polar surface area (TPSA) is 81.5 Å². The molecule has 1 aliphatic heterocycles. The zero-order chi connectivity index (χ0) is 14.9. The van der Waals surface area contributed by atoms with Crippen molar-refractivity contribution < 1.29 is 14.4 Å². The predicted octanol–water partition coefficient (Wildman–Crippen LogP) is 0.778. The highest BCUT2D eigenvalue weighted by Gasteiger charge is 2.40. The van der Waals surface area contributed by atoms with E-state index in [0.717, 1.165) is 0 Å². The first-order chi connectivity index (χ1) is 9.47. The Kier molecular flexibility index (Phi) is 3.36. The maximum absolute atomic E-state index is 12.2. The molecule has 2 rings (SSSR count). The first kappa shape index (κ1) is 13.5. The fourth-order valence-electron chi connectivity index (χ4n) is 1.88. The lowest BCUT2D eigenvalue weighted by molar-refractivity contribution is -0.122. The molecule has 0 bridgehead atoms. The van der Waals surface area contributed by atoms with Gasteiger partial charge in [-0.2, -0.15) is 5.26 Å². The minimum atomic E-state index is -0.910. The van der Waals surface area contributed by atoms with Crippen LogP contribution < -0.4 is 0 Å². The van der Waals surface area contributed by atoms with Crippen LogP contribution in [0.25, 0.3) is 0 Å². The summed E-state index contributed by atoms with van der Waals surface area (Å²) in [5.74, 6) is -2.31. The van der Waals surface area contributed by atoms with E-state index in [9.17, 15) is 14.4 Å². The van der Waals surface area contributed by atoms with E-state index in [-0.39, 0.29) is 16.7 Å². The largest absolute Gasteiger partial charge is 0.382 e. The first-order valence-corrected chi connectivity index (χ1v) is 5.78. The molecule has 6 heteroatoms. The number of carbonyl (C=O) groups is 3. The van der Waals surface area contributed by atoms with E-state index in [0.29, 0.717) is 4.90 Å². The van der Waals surface area contributed by atoms with Crippen LogP contribution >= 0.6 is 0 Å². The monoisotopic (exact) mass is 269 g/mol. The second kappa shape index (κ2) is 4.97. The fourth-order valence-corrected chi connectivity index (χ4v) is 1.88. The average molecular weight is 269 g/mol. The van der Waals surface area contributed by atoms with Crippen molar-refractivity contribution in [3.63, 3.8) is 0 Å². The van der Waals surface area contributed by atoms with E-state index in [1.165, 1.54) is 23.2 Å². The first-order valence-electron chi connectivity index (χ1n) is 5.78. The molecule has 100 valence electrons. The Morgan fingerprint density at radius 2 is 1.70 bits per heavy atom. The lowest BCUT2D eigenvalue weighted by Gasteiger charge is -2.12. The van der Waals surface area contributed by atoms with E-state index in [2.05, 4.69) is 0 Å².